The highest BCUT2D eigenvalue weighted by Gasteiger charge is 2.76. The number of rotatable bonds is 20. The van der Waals surface area contributed by atoms with Crippen LogP contribution in [0.25, 0.3) is 6.08 Å². The number of ether oxygens (including phenoxy) is 5. The van der Waals surface area contributed by atoms with Crippen LogP contribution < -0.4 is 10.6 Å². The Bertz CT molecular complexity index is 2370. The molecule has 3 saturated carbocycles. The van der Waals surface area contributed by atoms with E-state index in [2.05, 4.69) is 69.5 Å². The van der Waals surface area contributed by atoms with Gasteiger partial charge in [-0.05, 0) is 125 Å². The first-order valence-electron chi connectivity index (χ1n) is 27.8. The summed E-state index contributed by atoms with van der Waals surface area (Å²) in [6, 6.07) is 13.5. The van der Waals surface area contributed by atoms with Crippen LogP contribution in [-0.2, 0) is 56.0 Å². The first-order valence-corrected chi connectivity index (χ1v) is 27.8. The molecular weight excluding hydrogens is 927 g/mol. The van der Waals surface area contributed by atoms with Crippen molar-refractivity contribution in [1.29, 1.82) is 0 Å². The number of hydroxylamine groups is 2. The van der Waals surface area contributed by atoms with E-state index in [-0.39, 0.29) is 62.0 Å². The van der Waals surface area contributed by atoms with Crippen LogP contribution in [-0.4, -0.2) is 100 Å². The lowest BCUT2D eigenvalue weighted by Gasteiger charge is -2.53. The molecule has 73 heavy (non-hydrogen) atoms. The van der Waals surface area contributed by atoms with E-state index in [1.165, 1.54) is 5.57 Å². The van der Waals surface area contributed by atoms with Crippen molar-refractivity contribution in [1.82, 2.24) is 15.7 Å². The van der Waals surface area contributed by atoms with Crippen LogP contribution in [0.2, 0.25) is 0 Å². The summed E-state index contributed by atoms with van der Waals surface area (Å²) in [5.74, 6) is -1.52. The molecule has 7 aliphatic rings. The second-order valence-electron chi connectivity index (χ2n) is 24.4. The van der Waals surface area contributed by atoms with Gasteiger partial charge in [0.2, 0.25) is 5.91 Å². The van der Waals surface area contributed by atoms with Gasteiger partial charge < -0.3 is 39.4 Å². The minimum Gasteiger partial charge on any atom is -0.460 e. The zero-order valence-electron chi connectivity index (χ0n) is 44.8. The van der Waals surface area contributed by atoms with Gasteiger partial charge in [-0.2, -0.15) is 5.06 Å². The Kier molecular flexibility index (Phi) is 15.8. The van der Waals surface area contributed by atoms with E-state index in [1.54, 1.807) is 44.0 Å². The number of hydrogen-bond donors (Lipinski definition) is 3. The molecule has 400 valence electrons. The van der Waals surface area contributed by atoms with Gasteiger partial charge in [-0.1, -0.05) is 101 Å². The Morgan fingerprint density at radius 1 is 0.932 bits per heavy atom. The van der Waals surface area contributed by atoms with Gasteiger partial charge in [0.05, 0.1) is 30.9 Å². The van der Waals surface area contributed by atoms with Crippen LogP contribution in [0, 0.1) is 22.7 Å². The summed E-state index contributed by atoms with van der Waals surface area (Å²) in [4.78, 5) is 63.2. The predicted molar refractivity (Wildman–Crippen MR) is 275 cm³/mol. The van der Waals surface area contributed by atoms with Crippen LogP contribution >= 0.6 is 0 Å². The van der Waals surface area contributed by atoms with Crippen molar-refractivity contribution in [3.8, 4) is 0 Å². The number of amides is 2. The lowest BCUT2D eigenvalue weighted by Crippen LogP contribution is -2.69. The van der Waals surface area contributed by atoms with Crippen molar-refractivity contribution in [2.45, 2.75) is 231 Å². The fourth-order valence-electron chi connectivity index (χ4n) is 13.4. The number of aliphatic hydroxyl groups excluding tert-OH is 1. The SMILES string of the molecule is CCCCCC1(CCCCC)O[C@@H]2[C@H]3ON(Cc4ccccc4C=C4CCC5O[C@]5(C)CC[C@@H]5[C@@H]4CC5(C)C)[C@H]4C(=O)OC(CC34C(=O)NCc3cccc(C(=O)N[C@H](CO)CCC(=O)OC(C)(C)C)c3)[C@@H]2O1. The summed E-state index contributed by atoms with van der Waals surface area (Å²) in [7, 11) is 0. The van der Waals surface area contributed by atoms with Crippen molar-refractivity contribution in [2.24, 2.45) is 22.7 Å². The first kappa shape index (κ1) is 53.6. The number of allylic oxidation sites excluding steroid dienone is 1. The normalized spacial score (nSPS) is 32.6. The van der Waals surface area contributed by atoms with Crippen LogP contribution in [0.5, 0.6) is 0 Å². The first-order chi connectivity index (χ1) is 34.8. The quantitative estimate of drug-likeness (QED) is 0.0653. The molecule has 2 aromatic rings. The van der Waals surface area contributed by atoms with E-state index < -0.39 is 71.1 Å². The molecule has 4 aliphatic heterocycles. The molecule has 11 atom stereocenters. The number of carbonyl (C=O) groups excluding carboxylic acids is 4. The number of esters is 2. The van der Waals surface area contributed by atoms with Crippen LogP contribution in [0.3, 0.4) is 0 Å². The number of benzene rings is 2. The second kappa shape index (κ2) is 21.4. The minimum absolute atomic E-state index is 0.0150. The van der Waals surface area contributed by atoms with Gasteiger partial charge in [0.15, 0.2) is 11.8 Å². The molecule has 2 bridgehead atoms. The maximum absolute atomic E-state index is 15.4. The van der Waals surface area contributed by atoms with E-state index in [0.717, 1.165) is 81.8 Å². The van der Waals surface area contributed by atoms with Crippen molar-refractivity contribution >= 4 is 29.8 Å². The molecule has 0 aromatic heterocycles. The van der Waals surface area contributed by atoms with Gasteiger partial charge in [-0.3, -0.25) is 24.0 Å². The molecule has 3 aliphatic carbocycles. The van der Waals surface area contributed by atoms with Crippen LogP contribution in [0.4, 0.5) is 0 Å². The van der Waals surface area contributed by atoms with Crippen molar-refractivity contribution in [2.75, 3.05) is 6.61 Å². The summed E-state index contributed by atoms with van der Waals surface area (Å²) in [6.45, 7) is 16.7. The monoisotopic (exact) mass is 1010 g/mol. The number of fused-ring (bicyclic) bond motifs is 6. The molecule has 9 rings (SSSR count). The van der Waals surface area contributed by atoms with Gasteiger partial charge in [0.25, 0.3) is 5.91 Å². The fourth-order valence-corrected chi connectivity index (χ4v) is 13.4. The van der Waals surface area contributed by atoms with E-state index in [0.29, 0.717) is 35.8 Å². The summed E-state index contributed by atoms with van der Waals surface area (Å²) >= 11 is 0. The zero-order valence-corrected chi connectivity index (χ0v) is 44.8. The van der Waals surface area contributed by atoms with Gasteiger partial charge in [-0.25, -0.2) is 0 Å². The fraction of sp³-hybridized carbons (Fsp3) is 0.695. The maximum Gasteiger partial charge on any atom is 0.327 e. The number of epoxide rings is 1. The van der Waals surface area contributed by atoms with E-state index in [1.807, 2.05) is 12.1 Å². The highest BCUT2D eigenvalue weighted by atomic mass is 16.8. The van der Waals surface area contributed by atoms with Crippen molar-refractivity contribution in [3.05, 3.63) is 76.4 Å². The number of hydrogen-bond acceptors (Lipinski definition) is 12. The topological polar surface area (TPSA) is 174 Å². The number of aliphatic hydroxyl groups is 1. The Hall–Kier alpha value is -4.18. The maximum atomic E-state index is 15.4. The summed E-state index contributed by atoms with van der Waals surface area (Å²) in [5, 5.41) is 17.8. The highest BCUT2D eigenvalue weighted by Crippen LogP contribution is 2.61. The highest BCUT2D eigenvalue weighted by molar-refractivity contribution is 5.95. The van der Waals surface area contributed by atoms with Gasteiger partial charge in [0, 0.05) is 37.8 Å². The standard InChI is InChI=1S/C59H83N3O11/c1-9-11-15-27-58(28-16-12-10-2)71-48-45-33-59(54(67)60-34-37-18-17-21-40(30-37)52(65)61-42(36-63)23-25-47(64)70-55(3,4)5)50(53(66)68-45)62(73-51(59)49(48)72-58)35-41-20-14-13-19-38(41)31-39-22-24-46-57(8,69-46)29-26-44-43(39)32-56(44,6)7/h13-14,17-21,30-31,42-46,48-51,63H,9-12,15-16,22-29,32-36H2,1-8H3,(H,60,67)(H,61,65)/t42-,43+,44+,45?,46?,48-,49-,50-,51+,57+,59?/m0/s1. The lowest BCUT2D eigenvalue weighted by molar-refractivity contribution is -0.224. The third kappa shape index (κ3) is 11.2. The molecule has 0 spiro atoms. The predicted octanol–water partition coefficient (Wildman–Crippen LogP) is 9.43. The molecule has 2 aromatic carbocycles. The van der Waals surface area contributed by atoms with Gasteiger partial charge >= 0.3 is 11.9 Å². The third-order valence-corrected chi connectivity index (χ3v) is 17.4. The van der Waals surface area contributed by atoms with Gasteiger partial charge in [-0.15, -0.1) is 0 Å². The molecule has 4 saturated heterocycles. The van der Waals surface area contributed by atoms with Crippen LogP contribution in [0.1, 0.15) is 185 Å². The number of carbonyl (C=O) groups is 4. The number of nitrogens with zero attached hydrogens (tertiary/aromatic N) is 1. The van der Waals surface area contributed by atoms with E-state index in [4.69, 9.17) is 28.5 Å². The summed E-state index contributed by atoms with van der Waals surface area (Å²) < 4.78 is 32.3. The molecule has 0 radical (unpaired) electrons. The van der Waals surface area contributed by atoms with E-state index >= 15 is 4.79 Å². The number of nitrogens with one attached hydrogen (secondary N) is 2. The van der Waals surface area contributed by atoms with Crippen molar-refractivity contribution < 1.29 is 52.8 Å². The zero-order chi connectivity index (χ0) is 51.9. The molecule has 2 amide bonds. The molecule has 14 nitrogen and oxygen atoms in total. The van der Waals surface area contributed by atoms with Crippen LogP contribution in [0.15, 0.2) is 54.1 Å². The molecular formula is C59H83N3O11. The Labute approximate surface area is 433 Å². The average Bonchev–Trinajstić information content (AvgIpc) is 3.62. The number of unbranched alkanes of at least 4 members (excludes halogenated alkanes) is 4. The largest absolute Gasteiger partial charge is 0.460 e. The lowest BCUT2D eigenvalue weighted by atomic mass is 9.52. The average molecular weight is 1010 g/mol. The van der Waals surface area contributed by atoms with Crippen molar-refractivity contribution in [3.63, 3.8) is 0 Å². The summed E-state index contributed by atoms with van der Waals surface area (Å²) in [5.41, 5.74) is 2.72. The Balaban J connectivity index is 0.986. The molecule has 4 heterocycles. The second-order valence-corrected chi connectivity index (χ2v) is 24.4. The molecule has 7 fully saturated rings. The summed E-state index contributed by atoms with van der Waals surface area (Å²) in [6.07, 6.45) is 13.0. The molecule has 3 unspecified atom stereocenters. The Morgan fingerprint density at radius 3 is 2.38 bits per heavy atom. The third-order valence-electron chi connectivity index (χ3n) is 17.4. The van der Waals surface area contributed by atoms with E-state index in [9.17, 15) is 19.5 Å². The smallest absolute Gasteiger partial charge is 0.327 e. The Morgan fingerprint density at radius 2 is 1.67 bits per heavy atom. The molecule has 14 heteroatoms. The molecule has 3 N–H and O–H groups in total. The minimum atomic E-state index is -1.39. The van der Waals surface area contributed by atoms with Gasteiger partial charge in [0.1, 0.15) is 35.4 Å².